The molecule has 2 aromatic carbocycles. The summed E-state index contributed by atoms with van der Waals surface area (Å²) in [4.78, 5) is 28.5. The number of urea groups is 1. The van der Waals surface area contributed by atoms with E-state index in [0.29, 0.717) is 31.9 Å². The quantitative estimate of drug-likeness (QED) is 0.701. The van der Waals surface area contributed by atoms with Crippen molar-refractivity contribution < 1.29 is 14.3 Å². The van der Waals surface area contributed by atoms with Crippen LogP contribution in [0.2, 0.25) is 0 Å². The van der Waals surface area contributed by atoms with Crippen LogP contribution in [0.15, 0.2) is 53.0 Å². The number of amides is 3. The second-order valence-electron chi connectivity index (χ2n) is 6.83. The van der Waals surface area contributed by atoms with Crippen LogP contribution in [0.1, 0.15) is 11.1 Å². The van der Waals surface area contributed by atoms with Crippen LogP contribution in [0.3, 0.4) is 0 Å². The first kappa shape index (κ1) is 20.9. The third-order valence-corrected chi connectivity index (χ3v) is 5.24. The molecule has 3 amide bonds. The first-order valence-corrected chi connectivity index (χ1v) is 10.2. The van der Waals surface area contributed by atoms with Gasteiger partial charge in [0.15, 0.2) is 0 Å². The SMILES string of the molecule is COc1ccc(Br)cc1/C=C/C(=O)N1CCN(C(=O)Nc2cccc(C)c2)CC1. The molecule has 0 unspecified atom stereocenters. The van der Waals surface area contributed by atoms with Crippen molar-refractivity contribution in [2.75, 3.05) is 38.6 Å². The largest absolute Gasteiger partial charge is 0.496 e. The average Bonchev–Trinajstić information content (AvgIpc) is 2.72. The number of benzene rings is 2. The first-order valence-electron chi connectivity index (χ1n) is 9.39. The third kappa shape index (κ3) is 5.60. The lowest BCUT2D eigenvalue weighted by molar-refractivity contribution is -0.127. The summed E-state index contributed by atoms with van der Waals surface area (Å²) in [7, 11) is 1.60. The molecule has 6 nitrogen and oxygen atoms in total. The summed E-state index contributed by atoms with van der Waals surface area (Å²) in [6.07, 6.45) is 3.30. The van der Waals surface area contributed by atoms with Crippen LogP contribution in [0.5, 0.6) is 5.75 Å². The van der Waals surface area contributed by atoms with Crippen LogP contribution in [0, 0.1) is 6.92 Å². The molecule has 1 heterocycles. The molecular formula is C22H24BrN3O3. The lowest BCUT2D eigenvalue weighted by Crippen LogP contribution is -2.51. The van der Waals surface area contributed by atoms with E-state index in [0.717, 1.165) is 21.3 Å². The van der Waals surface area contributed by atoms with Crippen molar-refractivity contribution in [3.8, 4) is 5.75 Å². The number of nitrogens with one attached hydrogen (secondary N) is 1. The maximum Gasteiger partial charge on any atom is 0.321 e. The number of piperazine rings is 1. The van der Waals surface area contributed by atoms with E-state index in [2.05, 4.69) is 21.2 Å². The molecule has 1 N–H and O–H groups in total. The number of ether oxygens (including phenoxy) is 1. The molecule has 7 heteroatoms. The Balaban J connectivity index is 1.54. The minimum absolute atomic E-state index is 0.0780. The molecule has 0 atom stereocenters. The Morgan fingerprint density at radius 2 is 1.79 bits per heavy atom. The Labute approximate surface area is 179 Å². The first-order chi connectivity index (χ1) is 14.0. The molecule has 1 aliphatic heterocycles. The molecule has 0 aliphatic carbocycles. The molecular weight excluding hydrogens is 434 g/mol. The van der Waals surface area contributed by atoms with Gasteiger partial charge in [-0.2, -0.15) is 0 Å². The van der Waals surface area contributed by atoms with E-state index in [-0.39, 0.29) is 11.9 Å². The highest BCUT2D eigenvalue weighted by atomic mass is 79.9. The number of methoxy groups -OCH3 is 1. The van der Waals surface area contributed by atoms with E-state index in [1.54, 1.807) is 29.1 Å². The Hall–Kier alpha value is -2.80. The van der Waals surface area contributed by atoms with E-state index in [1.165, 1.54) is 0 Å². The van der Waals surface area contributed by atoms with Gasteiger partial charge in [-0.1, -0.05) is 28.1 Å². The van der Waals surface area contributed by atoms with E-state index < -0.39 is 0 Å². The fraction of sp³-hybridized carbons (Fsp3) is 0.273. The molecule has 3 rings (SSSR count). The summed E-state index contributed by atoms with van der Waals surface area (Å²) >= 11 is 3.43. The summed E-state index contributed by atoms with van der Waals surface area (Å²) in [6.45, 7) is 3.98. The van der Waals surface area contributed by atoms with Crippen molar-refractivity contribution in [2.24, 2.45) is 0 Å². The monoisotopic (exact) mass is 457 g/mol. The van der Waals surface area contributed by atoms with Crippen molar-refractivity contribution in [1.29, 1.82) is 0 Å². The molecule has 0 bridgehead atoms. The van der Waals surface area contributed by atoms with Crippen LogP contribution in [0.4, 0.5) is 10.5 Å². The van der Waals surface area contributed by atoms with Crippen molar-refractivity contribution >= 4 is 39.6 Å². The van der Waals surface area contributed by atoms with Gasteiger partial charge in [0.2, 0.25) is 5.91 Å². The molecule has 152 valence electrons. The number of rotatable bonds is 4. The second-order valence-corrected chi connectivity index (χ2v) is 7.75. The fourth-order valence-corrected chi connectivity index (χ4v) is 3.54. The van der Waals surface area contributed by atoms with Gasteiger partial charge in [0.05, 0.1) is 7.11 Å². The van der Waals surface area contributed by atoms with E-state index in [4.69, 9.17) is 4.74 Å². The Morgan fingerprint density at radius 1 is 1.07 bits per heavy atom. The lowest BCUT2D eigenvalue weighted by atomic mass is 10.2. The van der Waals surface area contributed by atoms with Crippen molar-refractivity contribution in [1.82, 2.24) is 9.80 Å². The zero-order chi connectivity index (χ0) is 20.8. The van der Waals surface area contributed by atoms with Gasteiger partial charge in [0.25, 0.3) is 0 Å². The maximum atomic E-state index is 12.5. The highest BCUT2D eigenvalue weighted by Gasteiger charge is 2.23. The number of aryl methyl sites for hydroxylation is 1. The van der Waals surface area contributed by atoms with Gasteiger partial charge in [-0.3, -0.25) is 4.79 Å². The standard InChI is InChI=1S/C22H24BrN3O3/c1-16-4-3-5-19(14-16)24-22(28)26-12-10-25(11-13-26)21(27)9-6-17-15-18(23)7-8-20(17)29-2/h3-9,14-15H,10-13H2,1-2H3,(H,24,28)/b9-6+. The number of carbonyl (C=O) groups excluding carboxylic acids is 2. The molecule has 1 aliphatic rings. The predicted molar refractivity (Wildman–Crippen MR) is 118 cm³/mol. The number of halogens is 1. The van der Waals surface area contributed by atoms with Crippen LogP contribution in [0.25, 0.3) is 6.08 Å². The van der Waals surface area contributed by atoms with Gasteiger partial charge in [-0.25, -0.2) is 4.79 Å². The lowest BCUT2D eigenvalue weighted by Gasteiger charge is -2.34. The van der Waals surface area contributed by atoms with Crippen LogP contribution >= 0.6 is 15.9 Å². The molecule has 1 saturated heterocycles. The van der Waals surface area contributed by atoms with Gasteiger partial charge >= 0.3 is 6.03 Å². The molecule has 0 radical (unpaired) electrons. The Morgan fingerprint density at radius 3 is 2.48 bits per heavy atom. The molecule has 0 saturated carbocycles. The van der Waals surface area contributed by atoms with Gasteiger partial charge in [-0.05, 0) is 48.9 Å². The summed E-state index contributed by atoms with van der Waals surface area (Å²) in [5.74, 6) is 0.626. The number of anilines is 1. The van der Waals surface area contributed by atoms with Crippen LogP contribution in [-0.4, -0.2) is 55.0 Å². The predicted octanol–water partition coefficient (Wildman–Crippen LogP) is 4.16. The van der Waals surface area contributed by atoms with Crippen molar-refractivity contribution in [3.63, 3.8) is 0 Å². The average molecular weight is 458 g/mol. The Kier molecular flexibility index (Phi) is 6.93. The van der Waals surface area contributed by atoms with E-state index in [1.807, 2.05) is 49.4 Å². The summed E-state index contributed by atoms with van der Waals surface area (Å²) < 4.78 is 6.24. The smallest absolute Gasteiger partial charge is 0.321 e. The number of hydrogen-bond acceptors (Lipinski definition) is 3. The molecule has 0 spiro atoms. The number of nitrogens with zero attached hydrogens (tertiary/aromatic N) is 2. The minimum atomic E-state index is -0.142. The Bertz CT molecular complexity index is 921. The van der Waals surface area contributed by atoms with Crippen molar-refractivity contribution in [2.45, 2.75) is 6.92 Å². The van der Waals surface area contributed by atoms with Gasteiger partial charge in [0.1, 0.15) is 5.75 Å². The molecule has 1 fully saturated rings. The summed E-state index contributed by atoms with van der Waals surface area (Å²) in [5, 5.41) is 2.91. The zero-order valence-electron chi connectivity index (χ0n) is 16.5. The topological polar surface area (TPSA) is 61.9 Å². The van der Waals surface area contributed by atoms with Gasteiger partial charge < -0.3 is 19.9 Å². The second kappa shape index (κ2) is 9.60. The minimum Gasteiger partial charge on any atom is -0.496 e. The number of carbonyl (C=O) groups is 2. The zero-order valence-corrected chi connectivity index (χ0v) is 18.1. The van der Waals surface area contributed by atoms with Crippen LogP contribution in [-0.2, 0) is 4.79 Å². The van der Waals surface area contributed by atoms with Gasteiger partial charge in [0, 0.05) is 48.0 Å². The molecule has 2 aromatic rings. The van der Waals surface area contributed by atoms with Crippen LogP contribution < -0.4 is 10.1 Å². The van der Waals surface area contributed by atoms with E-state index in [9.17, 15) is 9.59 Å². The highest BCUT2D eigenvalue weighted by molar-refractivity contribution is 9.10. The third-order valence-electron chi connectivity index (χ3n) is 4.75. The fourth-order valence-electron chi connectivity index (χ4n) is 3.16. The molecule has 0 aromatic heterocycles. The number of hydrogen-bond donors (Lipinski definition) is 1. The van der Waals surface area contributed by atoms with Crippen molar-refractivity contribution in [3.05, 3.63) is 64.1 Å². The normalized spacial score (nSPS) is 14.2. The summed E-state index contributed by atoms with van der Waals surface area (Å²) in [6, 6.07) is 13.2. The van der Waals surface area contributed by atoms with E-state index >= 15 is 0 Å². The summed E-state index contributed by atoms with van der Waals surface area (Å²) in [5.41, 5.74) is 2.69. The van der Waals surface area contributed by atoms with Gasteiger partial charge in [-0.15, -0.1) is 0 Å². The molecule has 29 heavy (non-hydrogen) atoms. The maximum absolute atomic E-state index is 12.5. The highest BCUT2D eigenvalue weighted by Crippen LogP contribution is 2.24.